The molecule has 1 atom stereocenters. The number of amides is 2. The van der Waals surface area contributed by atoms with Crippen LogP contribution in [0, 0.1) is 5.92 Å². The molecule has 1 aliphatic heterocycles. The van der Waals surface area contributed by atoms with Crippen molar-refractivity contribution in [2.45, 2.75) is 19.8 Å². The normalized spacial score (nSPS) is 16.6. The molecule has 0 aromatic heterocycles. The maximum absolute atomic E-state index is 12.8. The molecule has 0 aliphatic carbocycles. The highest BCUT2D eigenvalue weighted by Gasteiger charge is 2.28. The van der Waals surface area contributed by atoms with Crippen LogP contribution in [0.1, 0.15) is 18.9 Å². The first kappa shape index (κ1) is 17.0. The van der Waals surface area contributed by atoms with Gasteiger partial charge in [0.2, 0.25) is 11.8 Å². The van der Waals surface area contributed by atoms with Gasteiger partial charge >= 0.3 is 0 Å². The van der Waals surface area contributed by atoms with E-state index in [1.165, 1.54) is 0 Å². The molecule has 0 radical (unpaired) electrons. The third-order valence-electron chi connectivity index (χ3n) is 4.44. The van der Waals surface area contributed by atoms with Crippen LogP contribution in [0.15, 0.2) is 48.5 Å². The fourth-order valence-electron chi connectivity index (χ4n) is 2.94. The van der Waals surface area contributed by atoms with E-state index in [1.54, 1.807) is 12.0 Å². The third kappa shape index (κ3) is 3.82. The Morgan fingerprint density at radius 2 is 1.92 bits per heavy atom. The number of fused-ring (bicyclic) bond motifs is 1. The number of para-hydroxylation sites is 2. The van der Waals surface area contributed by atoms with Crippen molar-refractivity contribution < 1.29 is 14.3 Å². The average molecular weight is 338 g/mol. The highest BCUT2D eigenvalue weighted by atomic mass is 16.5. The average Bonchev–Trinajstić information content (AvgIpc) is 2.77. The number of nitrogens with zero attached hydrogens (tertiary/aromatic N) is 1. The number of aryl methyl sites for hydroxylation is 1. The van der Waals surface area contributed by atoms with Crippen molar-refractivity contribution in [3.8, 4) is 5.75 Å². The molecule has 2 aromatic carbocycles. The van der Waals surface area contributed by atoms with Gasteiger partial charge in [0, 0.05) is 13.0 Å². The number of rotatable bonds is 4. The number of carbonyl (C=O) groups is 2. The van der Waals surface area contributed by atoms with Crippen molar-refractivity contribution in [2.24, 2.45) is 5.92 Å². The molecule has 0 bridgehead atoms. The second kappa shape index (κ2) is 7.38. The van der Waals surface area contributed by atoms with Crippen LogP contribution in [-0.4, -0.2) is 25.5 Å². The Hall–Kier alpha value is -2.82. The van der Waals surface area contributed by atoms with E-state index in [0.717, 1.165) is 17.0 Å². The number of methoxy groups -OCH3 is 1. The molecule has 1 heterocycles. The Labute approximate surface area is 147 Å². The molecule has 3 rings (SSSR count). The first-order valence-corrected chi connectivity index (χ1v) is 8.41. The third-order valence-corrected chi connectivity index (χ3v) is 4.44. The van der Waals surface area contributed by atoms with E-state index in [2.05, 4.69) is 5.32 Å². The zero-order valence-corrected chi connectivity index (χ0v) is 14.5. The summed E-state index contributed by atoms with van der Waals surface area (Å²) in [5.41, 5.74) is 2.54. The SMILES string of the molecule is COc1ccc(CCC(=O)N2C[C@H](C)C(=O)Nc3ccccc32)cc1. The van der Waals surface area contributed by atoms with Crippen molar-refractivity contribution >= 4 is 23.2 Å². The van der Waals surface area contributed by atoms with Crippen molar-refractivity contribution in [1.82, 2.24) is 0 Å². The van der Waals surface area contributed by atoms with E-state index >= 15 is 0 Å². The lowest BCUT2D eigenvalue weighted by molar-refractivity contribution is -0.120. The van der Waals surface area contributed by atoms with Gasteiger partial charge in [-0.1, -0.05) is 31.2 Å². The van der Waals surface area contributed by atoms with Gasteiger partial charge in [0.25, 0.3) is 0 Å². The molecule has 0 fully saturated rings. The van der Waals surface area contributed by atoms with Crippen LogP contribution in [-0.2, 0) is 16.0 Å². The predicted molar refractivity (Wildman–Crippen MR) is 97.9 cm³/mol. The van der Waals surface area contributed by atoms with E-state index in [0.29, 0.717) is 25.1 Å². The molecule has 1 N–H and O–H groups in total. The van der Waals surface area contributed by atoms with Gasteiger partial charge in [-0.05, 0) is 36.2 Å². The number of anilines is 2. The van der Waals surface area contributed by atoms with Crippen molar-refractivity contribution in [2.75, 3.05) is 23.9 Å². The number of hydrogen-bond donors (Lipinski definition) is 1. The molecule has 1 aliphatic rings. The van der Waals surface area contributed by atoms with Crippen LogP contribution in [0.25, 0.3) is 0 Å². The standard InChI is InChI=1S/C20H22N2O3/c1-14-13-22(18-6-4-3-5-17(18)21-20(14)24)19(23)12-9-15-7-10-16(25-2)11-8-15/h3-8,10-11,14H,9,12-13H2,1-2H3,(H,21,24)/t14-/m0/s1. The molecule has 5 nitrogen and oxygen atoms in total. The largest absolute Gasteiger partial charge is 0.497 e. The van der Waals surface area contributed by atoms with Crippen LogP contribution < -0.4 is 15.0 Å². The van der Waals surface area contributed by atoms with Gasteiger partial charge in [0.1, 0.15) is 5.75 Å². The summed E-state index contributed by atoms with van der Waals surface area (Å²) in [5, 5.41) is 2.90. The second-order valence-corrected chi connectivity index (χ2v) is 6.26. The van der Waals surface area contributed by atoms with Crippen LogP contribution in [0.5, 0.6) is 5.75 Å². The van der Waals surface area contributed by atoms with E-state index in [1.807, 2.05) is 55.5 Å². The quantitative estimate of drug-likeness (QED) is 0.931. The van der Waals surface area contributed by atoms with Crippen LogP contribution in [0.3, 0.4) is 0 Å². The first-order chi connectivity index (χ1) is 12.1. The monoisotopic (exact) mass is 338 g/mol. The maximum atomic E-state index is 12.8. The van der Waals surface area contributed by atoms with E-state index < -0.39 is 0 Å². The van der Waals surface area contributed by atoms with Crippen molar-refractivity contribution in [3.63, 3.8) is 0 Å². The summed E-state index contributed by atoms with van der Waals surface area (Å²) < 4.78 is 5.15. The van der Waals surface area contributed by atoms with Crippen LogP contribution in [0.4, 0.5) is 11.4 Å². The molecule has 25 heavy (non-hydrogen) atoms. The van der Waals surface area contributed by atoms with Gasteiger partial charge in [0.15, 0.2) is 0 Å². The zero-order chi connectivity index (χ0) is 17.8. The fraction of sp³-hybridized carbons (Fsp3) is 0.300. The smallest absolute Gasteiger partial charge is 0.229 e. The lowest BCUT2D eigenvalue weighted by atomic mass is 10.1. The Morgan fingerprint density at radius 1 is 1.20 bits per heavy atom. The molecule has 2 aromatic rings. The minimum absolute atomic E-state index is 0.0200. The summed E-state index contributed by atoms with van der Waals surface area (Å²) in [6, 6.07) is 15.2. The van der Waals surface area contributed by atoms with Gasteiger partial charge in [0.05, 0.1) is 24.4 Å². The molecule has 0 saturated carbocycles. The minimum atomic E-state index is -0.252. The molecule has 130 valence electrons. The molecule has 0 unspecified atom stereocenters. The Morgan fingerprint density at radius 3 is 2.64 bits per heavy atom. The Balaban J connectivity index is 1.74. The highest BCUT2D eigenvalue weighted by Crippen LogP contribution is 2.30. The summed E-state index contributed by atoms with van der Waals surface area (Å²) in [6.45, 7) is 2.23. The summed E-state index contributed by atoms with van der Waals surface area (Å²) >= 11 is 0. The molecular formula is C20H22N2O3. The number of hydrogen-bond acceptors (Lipinski definition) is 3. The number of carbonyl (C=O) groups excluding carboxylic acids is 2. The number of ether oxygens (including phenoxy) is 1. The summed E-state index contributed by atoms with van der Waals surface area (Å²) in [7, 11) is 1.63. The predicted octanol–water partition coefficient (Wildman–Crippen LogP) is 3.25. The zero-order valence-electron chi connectivity index (χ0n) is 14.5. The van der Waals surface area contributed by atoms with E-state index in [-0.39, 0.29) is 17.7 Å². The number of benzene rings is 2. The molecular weight excluding hydrogens is 316 g/mol. The van der Waals surface area contributed by atoms with Gasteiger partial charge < -0.3 is 15.0 Å². The molecule has 0 spiro atoms. The topological polar surface area (TPSA) is 58.6 Å². The van der Waals surface area contributed by atoms with Gasteiger partial charge in [-0.3, -0.25) is 9.59 Å². The first-order valence-electron chi connectivity index (χ1n) is 8.41. The highest BCUT2D eigenvalue weighted by molar-refractivity contribution is 6.04. The Bertz CT molecular complexity index is 771. The van der Waals surface area contributed by atoms with E-state index in [4.69, 9.17) is 4.74 Å². The maximum Gasteiger partial charge on any atom is 0.229 e. The summed E-state index contributed by atoms with van der Waals surface area (Å²) in [6.07, 6.45) is 1.04. The Kier molecular flexibility index (Phi) is 5.03. The van der Waals surface area contributed by atoms with Crippen LogP contribution in [0.2, 0.25) is 0 Å². The lowest BCUT2D eigenvalue weighted by Crippen LogP contribution is -2.36. The van der Waals surface area contributed by atoms with Crippen molar-refractivity contribution in [1.29, 1.82) is 0 Å². The van der Waals surface area contributed by atoms with E-state index in [9.17, 15) is 9.59 Å². The second-order valence-electron chi connectivity index (χ2n) is 6.26. The minimum Gasteiger partial charge on any atom is -0.497 e. The summed E-state index contributed by atoms with van der Waals surface area (Å²) in [4.78, 5) is 26.7. The lowest BCUT2D eigenvalue weighted by Gasteiger charge is -2.23. The fourth-order valence-corrected chi connectivity index (χ4v) is 2.94. The summed E-state index contributed by atoms with van der Waals surface area (Å²) in [5.74, 6) is 0.511. The van der Waals surface area contributed by atoms with Gasteiger partial charge in [-0.2, -0.15) is 0 Å². The molecule has 0 saturated heterocycles. The van der Waals surface area contributed by atoms with Gasteiger partial charge in [-0.15, -0.1) is 0 Å². The van der Waals surface area contributed by atoms with Crippen molar-refractivity contribution in [3.05, 3.63) is 54.1 Å². The number of nitrogens with one attached hydrogen (secondary N) is 1. The van der Waals surface area contributed by atoms with Gasteiger partial charge in [-0.25, -0.2) is 0 Å². The molecule has 2 amide bonds. The molecule has 5 heteroatoms. The van der Waals surface area contributed by atoms with Crippen LogP contribution >= 0.6 is 0 Å².